The molecule has 0 amide bonds. The standard InChI is InChI=1S/C12H23NO3S/c1-13-10-3-4-11(13)8-9(7-10)12(14)5-6-17(2,15)16/h9-12,14H,3-8H2,1-2H3. The molecular formula is C12H23NO3S. The summed E-state index contributed by atoms with van der Waals surface area (Å²) in [5.41, 5.74) is 0. The lowest BCUT2D eigenvalue weighted by atomic mass is 9.86. The van der Waals surface area contributed by atoms with Gasteiger partial charge in [0, 0.05) is 18.3 Å². The Kier molecular flexibility index (Phi) is 3.80. The monoisotopic (exact) mass is 261 g/mol. The second kappa shape index (κ2) is 4.86. The van der Waals surface area contributed by atoms with Gasteiger partial charge in [-0.05, 0) is 45.1 Å². The van der Waals surface area contributed by atoms with Gasteiger partial charge in [-0.25, -0.2) is 8.42 Å². The van der Waals surface area contributed by atoms with Crippen LogP contribution in [0.3, 0.4) is 0 Å². The largest absolute Gasteiger partial charge is 0.393 e. The summed E-state index contributed by atoms with van der Waals surface area (Å²) in [6, 6.07) is 1.21. The van der Waals surface area contributed by atoms with Gasteiger partial charge in [-0.3, -0.25) is 0 Å². The zero-order valence-corrected chi connectivity index (χ0v) is 11.5. The van der Waals surface area contributed by atoms with E-state index in [2.05, 4.69) is 11.9 Å². The Bertz CT molecular complexity index is 354. The zero-order valence-electron chi connectivity index (χ0n) is 10.7. The van der Waals surface area contributed by atoms with Crippen LogP contribution in [-0.4, -0.2) is 55.7 Å². The summed E-state index contributed by atoms with van der Waals surface area (Å²) in [5.74, 6) is 0.404. The smallest absolute Gasteiger partial charge is 0.147 e. The van der Waals surface area contributed by atoms with Gasteiger partial charge in [0.1, 0.15) is 9.84 Å². The number of piperidine rings is 1. The van der Waals surface area contributed by atoms with Crippen molar-refractivity contribution in [3.8, 4) is 0 Å². The Hall–Kier alpha value is -0.130. The summed E-state index contributed by atoms with van der Waals surface area (Å²) in [4.78, 5) is 2.43. The molecule has 100 valence electrons. The normalized spacial score (nSPS) is 36.1. The molecule has 5 heteroatoms. The lowest BCUT2D eigenvalue weighted by Gasteiger charge is -2.38. The third kappa shape index (κ3) is 3.20. The minimum Gasteiger partial charge on any atom is -0.393 e. The van der Waals surface area contributed by atoms with Gasteiger partial charge in [-0.2, -0.15) is 0 Å². The summed E-state index contributed by atoms with van der Waals surface area (Å²) >= 11 is 0. The SMILES string of the molecule is CN1C2CCC1CC(C(O)CCS(C)(=O)=O)C2. The van der Waals surface area contributed by atoms with E-state index in [0.717, 1.165) is 12.8 Å². The highest BCUT2D eigenvalue weighted by Gasteiger charge is 2.40. The first-order valence-electron chi connectivity index (χ1n) is 6.44. The Morgan fingerprint density at radius 3 is 2.29 bits per heavy atom. The number of hydrogen-bond acceptors (Lipinski definition) is 4. The highest BCUT2D eigenvalue weighted by atomic mass is 32.2. The van der Waals surface area contributed by atoms with E-state index < -0.39 is 15.9 Å². The fourth-order valence-electron chi connectivity index (χ4n) is 3.34. The van der Waals surface area contributed by atoms with Crippen LogP contribution in [0.1, 0.15) is 32.1 Å². The van der Waals surface area contributed by atoms with Crippen LogP contribution in [0.15, 0.2) is 0 Å². The average Bonchev–Trinajstić information content (AvgIpc) is 2.50. The fourth-order valence-corrected chi connectivity index (χ4v) is 4.01. The summed E-state index contributed by atoms with van der Waals surface area (Å²) in [6.45, 7) is 0. The van der Waals surface area contributed by atoms with Gasteiger partial charge < -0.3 is 10.0 Å². The van der Waals surface area contributed by atoms with Crippen LogP contribution in [0, 0.1) is 5.92 Å². The number of aliphatic hydroxyl groups excluding tert-OH is 1. The minimum absolute atomic E-state index is 0.107. The van der Waals surface area contributed by atoms with E-state index in [1.54, 1.807) is 0 Å². The van der Waals surface area contributed by atoms with Gasteiger partial charge >= 0.3 is 0 Å². The highest BCUT2D eigenvalue weighted by Crippen LogP contribution is 2.39. The molecule has 3 unspecified atom stereocenters. The Morgan fingerprint density at radius 2 is 1.82 bits per heavy atom. The first-order valence-corrected chi connectivity index (χ1v) is 8.50. The molecule has 0 aliphatic carbocycles. The van der Waals surface area contributed by atoms with Crippen molar-refractivity contribution in [2.75, 3.05) is 19.1 Å². The molecule has 2 fully saturated rings. The van der Waals surface area contributed by atoms with E-state index in [9.17, 15) is 13.5 Å². The maximum absolute atomic E-state index is 11.1. The van der Waals surface area contributed by atoms with Gasteiger partial charge in [0.05, 0.1) is 11.9 Å². The van der Waals surface area contributed by atoms with Gasteiger partial charge in [-0.15, -0.1) is 0 Å². The molecule has 0 radical (unpaired) electrons. The van der Waals surface area contributed by atoms with Crippen LogP contribution < -0.4 is 0 Å². The third-order valence-electron chi connectivity index (χ3n) is 4.46. The molecule has 0 saturated carbocycles. The number of rotatable bonds is 4. The second-order valence-corrected chi connectivity index (χ2v) is 8.03. The molecule has 2 aliphatic heterocycles. The first kappa shape index (κ1) is 13.3. The number of sulfone groups is 1. The maximum atomic E-state index is 11.1. The van der Waals surface area contributed by atoms with Crippen LogP contribution in [-0.2, 0) is 9.84 Å². The fraction of sp³-hybridized carbons (Fsp3) is 1.00. The molecule has 3 atom stereocenters. The van der Waals surface area contributed by atoms with Crippen LogP contribution in [0.4, 0.5) is 0 Å². The van der Waals surface area contributed by atoms with Crippen molar-refractivity contribution in [2.24, 2.45) is 5.92 Å². The molecule has 2 heterocycles. The molecule has 0 aromatic heterocycles. The van der Waals surface area contributed by atoms with Crippen molar-refractivity contribution in [1.82, 2.24) is 4.90 Å². The molecule has 2 bridgehead atoms. The molecule has 0 aromatic carbocycles. The summed E-state index contributed by atoms with van der Waals surface area (Å²) < 4.78 is 22.2. The Labute approximate surface area is 104 Å². The topological polar surface area (TPSA) is 57.6 Å². The summed E-state index contributed by atoms with van der Waals surface area (Å²) in [6.07, 6.45) is 5.70. The van der Waals surface area contributed by atoms with Crippen molar-refractivity contribution in [2.45, 2.75) is 50.3 Å². The number of fused-ring (bicyclic) bond motifs is 2. The third-order valence-corrected chi connectivity index (χ3v) is 5.44. The van der Waals surface area contributed by atoms with Crippen molar-refractivity contribution < 1.29 is 13.5 Å². The summed E-state index contributed by atoms with van der Waals surface area (Å²) in [5, 5.41) is 10.1. The lowest BCUT2D eigenvalue weighted by Crippen LogP contribution is -2.43. The van der Waals surface area contributed by atoms with Crippen LogP contribution in [0.5, 0.6) is 0 Å². The highest BCUT2D eigenvalue weighted by molar-refractivity contribution is 7.90. The van der Waals surface area contributed by atoms with E-state index in [-0.39, 0.29) is 5.75 Å². The molecule has 0 spiro atoms. The molecule has 4 nitrogen and oxygen atoms in total. The predicted molar refractivity (Wildman–Crippen MR) is 67.6 cm³/mol. The molecular weight excluding hydrogens is 238 g/mol. The quantitative estimate of drug-likeness (QED) is 0.807. The minimum atomic E-state index is -2.95. The molecule has 2 rings (SSSR count). The average molecular weight is 261 g/mol. The van der Waals surface area contributed by atoms with E-state index >= 15 is 0 Å². The predicted octanol–water partition coefficient (Wildman–Crippen LogP) is 0.655. The zero-order chi connectivity index (χ0) is 12.6. The van der Waals surface area contributed by atoms with Gasteiger partial charge in [0.2, 0.25) is 0 Å². The van der Waals surface area contributed by atoms with Crippen molar-refractivity contribution in [1.29, 1.82) is 0 Å². The van der Waals surface area contributed by atoms with Crippen molar-refractivity contribution in [3.63, 3.8) is 0 Å². The molecule has 2 aliphatic rings. The number of nitrogens with zero attached hydrogens (tertiary/aromatic N) is 1. The van der Waals surface area contributed by atoms with Crippen LogP contribution >= 0.6 is 0 Å². The van der Waals surface area contributed by atoms with Gasteiger partial charge in [0.25, 0.3) is 0 Å². The van der Waals surface area contributed by atoms with Gasteiger partial charge in [-0.1, -0.05) is 0 Å². The molecule has 0 aromatic rings. The van der Waals surface area contributed by atoms with E-state index in [1.807, 2.05) is 0 Å². The van der Waals surface area contributed by atoms with E-state index in [0.29, 0.717) is 24.4 Å². The number of hydrogen-bond donors (Lipinski definition) is 1. The second-order valence-electron chi connectivity index (χ2n) is 5.77. The van der Waals surface area contributed by atoms with Crippen molar-refractivity contribution in [3.05, 3.63) is 0 Å². The van der Waals surface area contributed by atoms with Crippen LogP contribution in [0.2, 0.25) is 0 Å². The van der Waals surface area contributed by atoms with Crippen LogP contribution in [0.25, 0.3) is 0 Å². The molecule has 2 saturated heterocycles. The maximum Gasteiger partial charge on any atom is 0.147 e. The van der Waals surface area contributed by atoms with E-state index in [1.165, 1.54) is 19.1 Å². The lowest BCUT2D eigenvalue weighted by molar-refractivity contribution is 0.0350. The molecule has 17 heavy (non-hydrogen) atoms. The Balaban J connectivity index is 1.87. The van der Waals surface area contributed by atoms with Gasteiger partial charge in [0.15, 0.2) is 0 Å². The molecule has 1 N–H and O–H groups in total. The van der Waals surface area contributed by atoms with E-state index in [4.69, 9.17) is 0 Å². The van der Waals surface area contributed by atoms with Crippen molar-refractivity contribution >= 4 is 9.84 Å². The Morgan fingerprint density at radius 1 is 1.29 bits per heavy atom. The summed E-state index contributed by atoms with van der Waals surface area (Å²) in [7, 11) is -0.782. The number of aliphatic hydroxyl groups is 1. The first-order chi connectivity index (χ1) is 7.87.